The number of hydrogen-bond acceptors (Lipinski definition) is 4. The number of aromatic nitrogens is 3. The normalized spacial score (nSPS) is 17.6. The summed E-state index contributed by atoms with van der Waals surface area (Å²) in [6, 6.07) is 8.70. The van der Waals surface area contributed by atoms with Crippen LogP contribution >= 0.6 is 11.8 Å². The van der Waals surface area contributed by atoms with Crippen molar-refractivity contribution in [1.29, 1.82) is 0 Å². The summed E-state index contributed by atoms with van der Waals surface area (Å²) in [6.07, 6.45) is 3.82. The van der Waals surface area contributed by atoms with E-state index in [1.807, 2.05) is 18.8 Å². The van der Waals surface area contributed by atoms with Gasteiger partial charge in [0, 0.05) is 36.7 Å². The van der Waals surface area contributed by atoms with Gasteiger partial charge in [0.15, 0.2) is 5.82 Å². The lowest BCUT2D eigenvalue weighted by Crippen LogP contribution is -2.26. The smallest absolute Gasteiger partial charge is 0.151 e. The van der Waals surface area contributed by atoms with Crippen LogP contribution in [0.25, 0.3) is 0 Å². The van der Waals surface area contributed by atoms with Gasteiger partial charge in [-0.2, -0.15) is 5.10 Å². The summed E-state index contributed by atoms with van der Waals surface area (Å²) in [5, 5.41) is 8.44. The highest BCUT2D eigenvalue weighted by Crippen LogP contribution is 2.36. The minimum atomic E-state index is 0.661. The van der Waals surface area contributed by atoms with Gasteiger partial charge < -0.3 is 5.32 Å². The molecule has 0 saturated carbocycles. The largest absolute Gasteiger partial charge is 0.315 e. The molecule has 0 spiro atoms. The molecule has 0 fully saturated rings. The van der Waals surface area contributed by atoms with Gasteiger partial charge in [0.2, 0.25) is 0 Å². The van der Waals surface area contributed by atoms with E-state index in [0.717, 1.165) is 25.3 Å². The highest BCUT2D eigenvalue weighted by molar-refractivity contribution is 8.00. The number of hydrogen-bond donors (Lipinski definition) is 1. The molecule has 0 aliphatic carbocycles. The fraction of sp³-hybridized carbons (Fsp3) is 0.429. The van der Waals surface area contributed by atoms with Gasteiger partial charge in [0.05, 0.1) is 0 Å². The van der Waals surface area contributed by atoms with E-state index in [2.05, 4.69) is 39.7 Å². The molecule has 0 amide bonds. The van der Waals surface area contributed by atoms with Crippen LogP contribution in [0.4, 0.5) is 0 Å². The van der Waals surface area contributed by atoms with Crippen LogP contribution < -0.4 is 5.32 Å². The molecule has 5 heteroatoms. The maximum Gasteiger partial charge on any atom is 0.151 e. The lowest BCUT2D eigenvalue weighted by Gasteiger charge is -2.09. The van der Waals surface area contributed by atoms with Crippen molar-refractivity contribution < 1.29 is 0 Å². The molecule has 1 N–H and O–H groups in total. The number of fused-ring (bicyclic) bond motifs is 1. The van der Waals surface area contributed by atoms with Gasteiger partial charge in [-0.15, -0.1) is 11.8 Å². The minimum Gasteiger partial charge on any atom is -0.315 e. The van der Waals surface area contributed by atoms with Crippen molar-refractivity contribution >= 4 is 11.8 Å². The topological polar surface area (TPSA) is 42.7 Å². The van der Waals surface area contributed by atoms with Gasteiger partial charge in [-0.05, 0) is 18.1 Å². The minimum absolute atomic E-state index is 0.661. The first-order valence-electron chi connectivity index (χ1n) is 6.61. The van der Waals surface area contributed by atoms with E-state index in [1.165, 1.54) is 16.9 Å². The predicted molar refractivity (Wildman–Crippen MR) is 77.4 cm³/mol. The number of aryl methyl sites for hydroxylation is 1. The van der Waals surface area contributed by atoms with Gasteiger partial charge in [-0.1, -0.05) is 18.2 Å². The molecule has 1 aliphatic rings. The Labute approximate surface area is 117 Å². The number of nitrogens with one attached hydrogen (secondary N) is 1. The zero-order valence-corrected chi connectivity index (χ0v) is 11.9. The monoisotopic (exact) mass is 274 g/mol. The summed E-state index contributed by atoms with van der Waals surface area (Å²) in [7, 11) is 1.90. The summed E-state index contributed by atoms with van der Waals surface area (Å²) >= 11 is 1.99. The first kappa shape index (κ1) is 12.7. The standard InChI is InChI=1S/C14H18N4S/c1-18-10-16-14(17-18)6-7-15-9-12-8-11-4-2-3-5-13(11)19-12/h2-5,10,12,15H,6-9H2,1H3. The Morgan fingerprint density at radius 1 is 1.42 bits per heavy atom. The maximum atomic E-state index is 4.27. The second-order valence-electron chi connectivity index (χ2n) is 4.84. The van der Waals surface area contributed by atoms with Gasteiger partial charge in [-0.3, -0.25) is 4.68 Å². The molecule has 3 rings (SSSR count). The van der Waals surface area contributed by atoms with Crippen LogP contribution in [0.3, 0.4) is 0 Å². The molecule has 1 aromatic heterocycles. The Kier molecular flexibility index (Phi) is 3.84. The van der Waals surface area contributed by atoms with Gasteiger partial charge in [0.25, 0.3) is 0 Å². The first-order chi connectivity index (χ1) is 9.31. The average molecular weight is 274 g/mol. The third kappa shape index (κ3) is 3.16. The van der Waals surface area contributed by atoms with Crippen molar-refractivity contribution in [3.05, 3.63) is 42.0 Å². The molecule has 0 saturated heterocycles. The van der Waals surface area contributed by atoms with Crippen molar-refractivity contribution in [2.24, 2.45) is 7.05 Å². The van der Waals surface area contributed by atoms with E-state index < -0.39 is 0 Å². The second kappa shape index (κ2) is 5.75. The molecular formula is C14H18N4S. The van der Waals surface area contributed by atoms with E-state index in [-0.39, 0.29) is 0 Å². The Bertz CT molecular complexity index is 527. The fourth-order valence-electron chi connectivity index (χ4n) is 2.33. The molecular weight excluding hydrogens is 256 g/mol. The van der Waals surface area contributed by atoms with Crippen molar-refractivity contribution in [1.82, 2.24) is 20.1 Å². The molecule has 0 radical (unpaired) electrons. The molecule has 1 unspecified atom stereocenters. The van der Waals surface area contributed by atoms with Crippen LogP contribution in [-0.4, -0.2) is 33.1 Å². The molecule has 2 heterocycles. The maximum absolute atomic E-state index is 4.27. The van der Waals surface area contributed by atoms with Gasteiger partial charge in [0.1, 0.15) is 6.33 Å². The Hall–Kier alpha value is -1.33. The average Bonchev–Trinajstić information content (AvgIpc) is 3.00. The lowest BCUT2D eigenvalue weighted by atomic mass is 10.1. The molecule has 100 valence electrons. The quantitative estimate of drug-likeness (QED) is 0.842. The molecule has 1 aromatic carbocycles. The van der Waals surface area contributed by atoms with Crippen LogP contribution in [0.2, 0.25) is 0 Å². The molecule has 2 aromatic rings. The van der Waals surface area contributed by atoms with E-state index in [4.69, 9.17) is 0 Å². The van der Waals surface area contributed by atoms with Crippen molar-refractivity contribution in [2.45, 2.75) is 23.0 Å². The third-order valence-electron chi connectivity index (χ3n) is 3.26. The second-order valence-corrected chi connectivity index (χ2v) is 6.18. The molecule has 1 aliphatic heterocycles. The highest BCUT2D eigenvalue weighted by atomic mass is 32.2. The first-order valence-corrected chi connectivity index (χ1v) is 7.49. The van der Waals surface area contributed by atoms with Crippen LogP contribution in [0.5, 0.6) is 0 Å². The molecule has 19 heavy (non-hydrogen) atoms. The van der Waals surface area contributed by atoms with Gasteiger partial charge in [-0.25, -0.2) is 4.98 Å². The summed E-state index contributed by atoms with van der Waals surface area (Å²) in [5.41, 5.74) is 1.49. The van der Waals surface area contributed by atoms with Crippen molar-refractivity contribution in [3.8, 4) is 0 Å². The number of rotatable bonds is 5. The highest BCUT2D eigenvalue weighted by Gasteiger charge is 2.20. The third-order valence-corrected chi connectivity index (χ3v) is 4.58. The van der Waals surface area contributed by atoms with Crippen molar-refractivity contribution in [2.75, 3.05) is 13.1 Å². The summed E-state index contributed by atoms with van der Waals surface area (Å²) in [6.45, 7) is 1.99. The van der Waals surface area contributed by atoms with E-state index in [9.17, 15) is 0 Å². The van der Waals surface area contributed by atoms with E-state index in [1.54, 1.807) is 11.0 Å². The van der Waals surface area contributed by atoms with Crippen LogP contribution in [0, 0.1) is 0 Å². The summed E-state index contributed by atoms with van der Waals surface area (Å²) < 4.78 is 1.75. The molecule has 4 nitrogen and oxygen atoms in total. The lowest BCUT2D eigenvalue weighted by molar-refractivity contribution is 0.644. The van der Waals surface area contributed by atoms with E-state index in [0.29, 0.717) is 5.25 Å². The number of thioether (sulfide) groups is 1. The zero-order valence-electron chi connectivity index (χ0n) is 11.0. The van der Waals surface area contributed by atoms with E-state index >= 15 is 0 Å². The predicted octanol–water partition coefficient (Wildman–Crippen LogP) is 1.66. The van der Waals surface area contributed by atoms with Gasteiger partial charge >= 0.3 is 0 Å². The van der Waals surface area contributed by atoms with Crippen LogP contribution in [-0.2, 0) is 19.9 Å². The Balaban J connectivity index is 1.40. The van der Waals surface area contributed by atoms with Crippen LogP contribution in [0.1, 0.15) is 11.4 Å². The Morgan fingerprint density at radius 3 is 3.11 bits per heavy atom. The molecule has 1 atom stereocenters. The van der Waals surface area contributed by atoms with Crippen molar-refractivity contribution in [3.63, 3.8) is 0 Å². The number of nitrogens with zero attached hydrogens (tertiary/aromatic N) is 3. The summed E-state index contributed by atoms with van der Waals surface area (Å²) in [4.78, 5) is 5.67. The fourth-order valence-corrected chi connectivity index (χ4v) is 3.61. The summed E-state index contributed by atoms with van der Waals surface area (Å²) in [5.74, 6) is 0.914. The van der Waals surface area contributed by atoms with Crippen LogP contribution in [0.15, 0.2) is 35.5 Å². The number of benzene rings is 1. The SMILES string of the molecule is Cn1cnc(CCNCC2Cc3ccccc3S2)n1. The molecule has 0 bridgehead atoms. The Morgan fingerprint density at radius 2 is 2.32 bits per heavy atom. The zero-order chi connectivity index (χ0) is 13.1.